The molecular weight excluding hydrogens is 396 g/mol. The minimum Gasteiger partial charge on any atom is -0.497 e. The van der Waals surface area contributed by atoms with Crippen LogP contribution in [-0.4, -0.2) is 25.8 Å². The van der Waals surface area contributed by atoms with Crippen molar-refractivity contribution < 1.29 is 14.3 Å². The highest BCUT2D eigenvalue weighted by molar-refractivity contribution is 9.10. The SMILES string of the molecule is COc1ccc(C=NNC(=O)COc2ccc(C(C)(C)C)cc2Br)cc1. The molecule has 0 unspecified atom stereocenters. The lowest BCUT2D eigenvalue weighted by molar-refractivity contribution is -0.123. The molecule has 0 aliphatic carbocycles. The summed E-state index contributed by atoms with van der Waals surface area (Å²) >= 11 is 3.49. The third-order valence-corrected chi connectivity index (χ3v) is 4.30. The van der Waals surface area contributed by atoms with Gasteiger partial charge in [0.25, 0.3) is 5.91 Å². The predicted octanol–water partition coefficient (Wildman–Crippen LogP) is 4.28. The van der Waals surface area contributed by atoms with E-state index in [2.05, 4.69) is 47.2 Å². The minimum atomic E-state index is -0.332. The van der Waals surface area contributed by atoms with Crippen LogP contribution in [0.2, 0.25) is 0 Å². The first-order valence-electron chi connectivity index (χ1n) is 8.18. The van der Waals surface area contributed by atoms with E-state index in [1.54, 1.807) is 13.3 Å². The van der Waals surface area contributed by atoms with E-state index < -0.39 is 0 Å². The van der Waals surface area contributed by atoms with Crippen molar-refractivity contribution in [1.29, 1.82) is 0 Å². The first-order chi connectivity index (χ1) is 12.3. The molecule has 0 radical (unpaired) electrons. The Balaban J connectivity index is 1.85. The molecule has 2 aromatic carbocycles. The van der Waals surface area contributed by atoms with E-state index in [4.69, 9.17) is 9.47 Å². The van der Waals surface area contributed by atoms with Crippen LogP contribution in [0.5, 0.6) is 11.5 Å². The van der Waals surface area contributed by atoms with Gasteiger partial charge in [0.05, 0.1) is 17.8 Å². The van der Waals surface area contributed by atoms with Crippen LogP contribution in [0.15, 0.2) is 52.0 Å². The summed E-state index contributed by atoms with van der Waals surface area (Å²) in [5.41, 5.74) is 4.53. The second kappa shape index (κ2) is 8.85. The second-order valence-electron chi connectivity index (χ2n) is 6.75. The maximum Gasteiger partial charge on any atom is 0.277 e. The van der Waals surface area contributed by atoms with Crippen LogP contribution in [0.25, 0.3) is 0 Å². The summed E-state index contributed by atoms with van der Waals surface area (Å²) in [4.78, 5) is 11.9. The van der Waals surface area contributed by atoms with Gasteiger partial charge in [0.15, 0.2) is 6.61 Å². The Morgan fingerprint density at radius 3 is 2.46 bits per heavy atom. The zero-order chi connectivity index (χ0) is 19.2. The number of rotatable bonds is 6. The highest BCUT2D eigenvalue weighted by Gasteiger charge is 2.15. The van der Waals surface area contributed by atoms with Gasteiger partial charge in [-0.1, -0.05) is 26.8 Å². The number of benzene rings is 2. The van der Waals surface area contributed by atoms with Gasteiger partial charge in [-0.2, -0.15) is 5.10 Å². The summed E-state index contributed by atoms with van der Waals surface area (Å²) in [7, 11) is 1.61. The fraction of sp³-hybridized carbons (Fsp3) is 0.300. The molecule has 26 heavy (non-hydrogen) atoms. The molecule has 0 saturated heterocycles. The Bertz CT molecular complexity index is 781. The number of amides is 1. The van der Waals surface area contributed by atoms with Crippen molar-refractivity contribution >= 4 is 28.1 Å². The van der Waals surface area contributed by atoms with Crippen molar-refractivity contribution in [1.82, 2.24) is 5.43 Å². The Hall–Kier alpha value is -2.34. The van der Waals surface area contributed by atoms with Gasteiger partial charge < -0.3 is 9.47 Å². The summed E-state index contributed by atoms with van der Waals surface area (Å²) in [6.45, 7) is 6.31. The van der Waals surface area contributed by atoms with Crippen LogP contribution in [0.4, 0.5) is 0 Å². The molecule has 2 rings (SSSR count). The monoisotopic (exact) mass is 418 g/mol. The number of hydrazone groups is 1. The number of carbonyl (C=O) groups excluding carboxylic acids is 1. The van der Waals surface area contributed by atoms with Gasteiger partial charge in [0, 0.05) is 0 Å². The quantitative estimate of drug-likeness (QED) is 0.562. The fourth-order valence-corrected chi connectivity index (χ4v) is 2.62. The number of methoxy groups -OCH3 is 1. The molecule has 2 aromatic rings. The summed E-state index contributed by atoms with van der Waals surface area (Å²) < 4.78 is 11.5. The minimum absolute atomic E-state index is 0.0502. The first kappa shape index (κ1) is 20.0. The highest BCUT2D eigenvalue weighted by atomic mass is 79.9. The molecule has 6 heteroatoms. The van der Waals surface area contributed by atoms with Gasteiger partial charge in [-0.3, -0.25) is 4.79 Å². The lowest BCUT2D eigenvalue weighted by Gasteiger charge is -2.20. The Labute approximate surface area is 162 Å². The number of nitrogens with one attached hydrogen (secondary N) is 1. The molecule has 5 nitrogen and oxygen atoms in total. The lowest BCUT2D eigenvalue weighted by atomic mass is 9.87. The average Bonchev–Trinajstić information content (AvgIpc) is 2.60. The topological polar surface area (TPSA) is 59.9 Å². The first-order valence-corrected chi connectivity index (χ1v) is 8.97. The van der Waals surface area contributed by atoms with Crippen molar-refractivity contribution in [2.45, 2.75) is 26.2 Å². The van der Waals surface area contributed by atoms with Crippen LogP contribution in [-0.2, 0) is 10.2 Å². The van der Waals surface area contributed by atoms with Gasteiger partial charge in [0.1, 0.15) is 11.5 Å². The summed E-state index contributed by atoms with van der Waals surface area (Å²) in [5.74, 6) is 1.05. The normalized spacial score (nSPS) is 11.4. The molecule has 0 spiro atoms. The largest absolute Gasteiger partial charge is 0.497 e. The van der Waals surface area contributed by atoms with E-state index in [9.17, 15) is 4.79 Å². The standard InChI is InChI=1S/C20H23BrN2O3/c1-20(2,3)15-7-10-18(17(21)11-15)26-13-19(24)23-22-12-14-5-8-16(25-4)9-6-14/h5-12H,13H2,1-4H3,(H,23,24). The van der Waals surface area contributed by atoms with Crippen molar-refractivity contribution in [2.75, 3.05) is 13.7 Å². The molecular formula is C20H23BrN2O3. The van der Waals surface area contributed by atoms with Crippen molar-refractivity contribution in [3.8, 4) is 11.5 Å². The van der Waals surface area contributed by atoms with Crippen LogP contribution >= 0.6 is 15.9 Å². The molecule has 0 aromatic heterocycles. The Morgan fingerprint density at radius 1 is 1.19 bits per heavy atom. The van der Waals surface area contributed by atoms with E-state index in [-0.39, 0.29) is 17.9 Å². The number of hydrogen-bond acceptors (Lipinski definition) is 4. The average molecular weight is 419 g/mol. The maximum atomic E-state index is 11.9. The number of ether oxygens (including phenoxy) is 2. The lowest BCUT2D eigenvalue weighted by Crippen LogP contribution is -2.24. The van der Waals surface area contributed by atoms with Crippen LogP contribution in [0.1, 0.15) is 31.9 Å². The third-order valence-electron chi connectivity index (χ3n) is 3.68. The van der Waals surface area contributed by atoms with Gasteiger partial charge in [0.2, 0.25) is 0 Å². The predicted molar refractivity (Wildman–Crippen MR) is 107 cm³/mol. The van der Waals surface area contributed by atoms with E-state index in [1.807, 2.05) is 42.5 Å². The van der Waals surface area contributed by atoms with E-state index in [0.717, 1.165) is 15.8 Å². The van der Waals surface area contributed by atoms with Crippen molar-refractivity contribution in [3.05, 3.63) is 58.1 Å². The summed E-state index contributed by atoms with van der Waals surface area (Å²) in [6.07, 6.45) is 1.56. The number of carbonyl (C=O) groups is 1. The van der Waals surface area contributed by atoms with Gasteiger partial charge in [-0.05, 0) is 68.9 Å². The highest BCUT2D eigenvalue weighted by Crippen LogP contribution is 2.31. The molecule has 1 amide bonds. The molecule has 0 fully saturated rings. The number of nitrogens with zero attached hydrogens (tertiary/aromatic N) is 1. The van der Waals surface area contributed by atoms with Crippen molar-refractivity contribution in [2.24, 2.45) is 5.10 Å². The number of hydrogen-bond donors (Lipinski definition) is 1. The Morgan fingerprint density at radius 2 is 1.88 bits per heavy atom. The van der Waals surface area contributed by atoms with Gasteiger partial charge in [-0.25, -0.2) is 5.43 Å². The summed E-state index contributed by atoms with van der Waals surface area (Å²) in [5, 5.41) is 3.92. The van der Waals surface area contributed by atoms with Crippen molar-refractivity contribution in [3.63, 3.8) is 0 Å². The van der Waals surface area contributed by atoms with Crippen LogP contribution in [0, 0.1) is 0 Å². The van der Waals surface area contributed by atoms with E-state index in [0.29, 0.717) is 5.75 Å². The van der Waals surface area contributed by atoms with Gasteiger partial charge in [-0.15, -0.1) is 0 Å². The van der Waals surface area contributed by atoms with E-state index in [1.165, 1.54) is 5.56 Å². The third kappa shape index (κ3) is 5.88. The van der Waals surface area contributed by atoms with E-state index >= 15 is 0 Å². The second-order valence-corrected chi connectivity index (χ2v) is 7.60. The molecule has 0 aliphatic heterocycles. The molecule has 0 heterocycles. The zero-order valence-electron chi connectivity index (χ0n) is 15.4. The number of halogens is 1. The van der Waals surface area contributed by atoms with Crippen LogP contribution < -0.4 is 14.9 Å². The molecule has 0 bridgehead atoms. The Kier molecular flexibility index (Phi) is 6.80. The molecule has 138 valence electrons. The maximum absolute atomic E-state index is 11.9. The zero-order valence-corrected chi connectivity index (χ0v) is 17.0. The van der Waals surface area contributed by atoms with Gasteiger partial charge >= 0.3 is 0 Å². The summed E-state index contributed by atoms with van der Waals surface area (Å²) in [6, 6.07) is 13.2. The smallest absolute Gasteiger partial charge is 0.277 e. The molecule has 0 saturated carbocycles. The molecule has 1 N–H and O–H groups in total. The fourth-order valence-electron chi connectivity index (χ4n) is 2.13. The molecule has 0 aliphatic rings. The molecule has 0 atom stereocenters. The van der Waals surface area contributed by atoms with Crippen LogP contribution in [0.3, 0.4) is 0 Å².